The van der Waals surface area contributed by atoms with Crippen molar-refractivity contribution in [3.05, 3.63) is 54.1 Å². The highest BCUT2D eigenvalue weighted by molar-refractivity contribution is 5.97. The highest BCUT2D eigenvalue weighted by Gasteiger charge is 2.19. The summed E-state index contributed by atoms with van der Waals surface area (Å²) in [5, 5.41) is 5.31. The van der Waals surface area contributed by atoms with E-state index >= 15 is 0 Å². The Balaban J connectivity index is 1.86. The number of hydrogen-bond acceptors (Lipinski definition) is 5. The van der Waals surface area contributed by atoms with Gasteiger partial charge < -0.3 is 20.1 Å². The van der Waals surface area contributed by atoms with E-state index in [0.29, 0.717) is 29.3 Å². The minimum Gasteiger partial charge on any atom is -0.494 e. The summed E-state index contributed by atoms with van der Waals surface area (Å²) in [6.45, 7) is 5.63. The van der Waals surface area contributed by atoms with E-state index in [0.717, 1.165) is 12.8 Å². The first-order valence-electron chi connectivity index (χ1n) is 9.51. The van der Waals surface area contributed by atoms with Gasteiger partial charge in [0.2, 0.25) is 5.91 Å². The molecule has 2 rings (SSSR count). The van der Waals surface area contributed by atoms with E-state index < -0.39 is 18.0 Å². The molecule has 7 heteroatoms. The third-order valence-electron chi connectivity index (χ3n) is 3.98. The van der Waals surface area contributed by atoms with Crippen LogP contribution in [0.15, 0.2) is 48.5 Å². The van der Waals surface area contributed by atoms with Crippen LogP contribution in [0, 0.1) is 0 Å². The van der Waals surface area contributed by atoms with Gasteiger partial charge in [-0.2, -0.15) is 0 Å². The largest absolute Gasteiger partial charge is 0.494 e. The van der Waals surface area contributed by atoms with Gasteiger partial charge in [0.25, 0.3) is 5.91 Å². The van der Waals surface area contributed by atoms with Crippen molar-refractivity contribution in [2.75, 3.05) is 17.2 Å². The number of hydrogen-bond donors (Lipinski definition) is 2. The molecule has 2 N–H and O–H groups in total. The molecule has 0 fully saturated rings. The molecule has 29 heavy (non-hydrogen) atoms. The van der Waals surface area contributed by atoms with E-state index in [2.05, 4.69) is 17.6 Å². The normalized spacial score (nSPS) is 11.3. The van der Waals surface area contributed by atoms with Crippen LogP contribution < -0.4 is 15.4 Å². The summed E-state index contributed by atoms with van der Waals surface area (Å²) in [4.78, 5) is 35.5. The third-order valence-corrected chi connectivity index (χ3v) is 3.98. The number of carbonyl (C=O) groups is 3. The number of unbranched alkanes of at least 4 members (excludes halogenated alkanes) is 1. The number of nitrogens with one attached hydrogen (secondary N) is 2. The van der Waals surface area contributed by atoms with E-state index in [4.69, 9.17) is 9.47 Å². The molecule has 0 aliphatic heterocycles. The molecular formula is C22H26N2O5. The highest BCUT2D eigenvalue weighted by atomic mass is 16.5. The zero-order valence-electron chi connectivity index (χ0n) is 16.9. The van der Waals surface area contributed by atoms with Crippen molar-refractivity contribution < 1.29 is 23.9 Å². The molecule has 0 unspecified atom stereocenters. The summed E-state index contributed by atoms with van der Waals surface area (Å²) in [6.07, 6.45) is 1.04. The highest BCUT2D eigenvalue weighted by Crippen LogP contribution is 2.16. The lowest BCUT2D eigenvalue weighted by Crippen LogP contribution is -2.30. The molecule has 0 saturated heterocycles. The van der Waals surface area contributed by atoms with Crippen LogP contribution in [0.4, 0.5) is 11.4 Å². The van der Waals surface area contributed by atoms with Crippen LogP contribution in [-0.2, 0) is 14.3 Å². The summed E-state index contributed by atoms with van der Waals surface area (Å²) in [5.74, 6) is -0.537. The fourth-order valence-corrected chi connectivity index (χ4v) is 2.39. The van der Waals surface area contributed by atoms with E-state index in [1.54, 1.807) is 48.5 Å². The van der Waals surface area contributed by atoms with Gasteiger partial charge in [0.15, 0.2) is 6.10 Å². The van der Waals surface area contributed by atoms with Crippen molar-refractivity contribution in [1.29, 1.82) is 0 Å². The summed E-state index contributed by atoms with van der Waals surface area (Å²) < 4.78 is 10.8. The molecular weight excluding hydrogens is 372 g/mol. The van der Waals surface area contributed by atoms with Gasteiger partial charge in [-0.3, -0.25) is 9.59 Å². The average molecular weight is 398 g/mol. The maximum atomic E-state index is 12.3. The van der Waals surface area contributed by atoms with Gasteiger partial charge in [0.1, 0.15) is 5.75 Å². The van der Waals surface area contributed by atoms with Gasteiger partial charge in [-0.1, -0.05) is 13.3 Å². The number of amides is 2. The van der Waals surface area contributed by atoms with Crippen molar-refractivity contribution in [3.63, 3.8) is 0 Å². The van der Waals surface area contributed by atoms with E-state index in [1.807, 2.05) is 0 Å². The Labute approximate surface area is 170 Å². The van der Waals surface area contributed by atoms with Gasteiger partial charge in [-0.15, -0.1) is 0 Å². The van der Waals surface area contributed by atoms with Gasteiger partial charge >= 0.3 is 5.97 Å². The molecule has 1 atom stereocenters. The Morgan fingerprint density at radius 2 is 1.52 bits per heavy atom. The average Bonchev–Trinajstić information content (AvgIpc) is 2.69. The molecule has 7 nitrogen and oxygen atoms in total. The minimum absolute atomic E-state index is 0.178. The lowest BCUT2D eigenvalue weighted by Gasteiger charge is -2.14. The monoisotopic (exact) mass is 398 g/mol. The summed E-state index contributed by atoms with van der Waals surface area (Å²) in [6, 6.07) is 13.2. The van der Waals surface area contributed by atoms with Crippen molar-refractivity contribution in [3.8, 4) is 5.75 Å². The Morgan fingerprint density at radius 1 is 0.931 bits per heavy atom. The molecule has 0 saturated carbocycles. The Hall–Kier alpha value is -3.35. The second kappa shape index (κ2) is 10.8. The molecule has 2 amide bonds. The number of benzene rings is 2. The van der Waals surface area contributed by atoms with Gasteiger partial charge in [0, 0.05) is 18.3 Å². The molecule has 0 aliphatic rings. The molecule has 0 aliphatic carbocycles. The van der Waals surface area contributed by atoms with Crippen LogP contribution in [0.25, 0.3) is 0 Å². The predicted octanol–water partition coefficient (Wildman–Crippen LogP) is 4.01. The fraction of sp³-hybridized carbons (Fsp3) is 0.318. The van der Waals surface area contributed by atoms with Crippen molar-refractivity contribution in [2.24, 2.45) is 0 Å². The Morgan fingerprint density at radius 3 is 2.07 bits per heavy atom. The maximum Gasteiger partial charge on any atom is 0.338 e. The SMILES string of the molecule is CCCCOc1ccc(C(=O)O[C@@H](C)C(=O)Nc2ccc(NC(C)=O)cc2)cc1. The molecule has 154 valence electrons. The molecule has 0 bridgehead atoms. The topological polar surface area (TPSA) is 93.7 Å². The number of esters is 1. The van der Waals surface area contributed by atoms with Gasteiger partial charge in [0.05, 0.1) is 12.2 Å². The van der Waals surface area contributed by atoms with E-state index in [9.17, 15) is 14.4 Å². The first kappa shape index (κ1) is 21.9. The summed E-state index contributed by atoms with van der Waals surface area (Å²) in [5.41, 5.74) is 1.49. The minimum atomic E-state index is -0.974. The van der Waals surface area contributed by atoms with Crippen LogP contribution in [-0.4, -0.2) is 30.5 Å². The Bertz CT molecular complexity index is 831. The van der Waals surface area contributed by atoms with Crippen LogP contribution >= 0.6 is 0 Å². The van der Waals surface area contributed by atoms with Gasteiger partial charge in [-0.25, -0.2) is 4.79 Å². The molecule has 0 aromatic heterocycles. The zero-order valence-corrected chi connectivity index (χ0v) is 16.9. The molecule has 0 heterocycles. The van der Waals surface area contributed by atoms with Crippen LogP contribution in [0.1, 0.15) is 44.0 Å². The van der Waals surface area contributed by atoms with Crippen molar-refractivity contribution in [2.45, 2.75) is 39.7 Å². The van der Waals surface area contributed by atoms with Crippen LogP contribution in [0.5, 0.6) is 5.75 Å². The number of anilines is 2. The zero-order chi connectivity index (χ0) is 21.2. The standard InChI is InChI=1S/C22H26N2O5/c1-4-5-14-28-20-12-6-17(7-13-20)22(27)29-15(2)21(26)24-19-10-8-18(9-11-19)23-16(3)25/h6-13,15H,4-5,14H2,1-3H3,(H,23,25)(H,24,26)/t15-/m0/s1. The molecule has 0 radical (unpaired) electrons. The smallest absolute Gasteiger partial charge is 0.338 e. The second-order valence-electron chi connectivity index (χ2n) is 6.52. The third kappa shape index (κ3) is 7.29. The van der Waals surface area contributed by atoms with E-state index in [-0.39, 0.29) is 5.91 Å². The fourth-order valence-electron chi connectivity index (χ4n) is 2.39. The second-order valence-corrected chi connectivity index (χ2v) is 6.52. The molecule has 2 aromatic rings. The summed E-state index contributed by atoms with van der Waals surface area (Å²) in [7, 11) is 0. The van der Waals surface area contributed by atoms with Crippen LogP contribution in [0.3, 0.4) is 0 Å². The number of rotatable bonds is 9. The maximum absolute atomic E-state index is 12.3. The Kier molecular flexibility index (Phi) is 8.21. The molecule has 2 aromatic carbocycles. The lowest BCUT2D eigenvalue weighted by molar-refractivity contribution is -0.123. The summed E-state index contributed by atoms with van der Waals surface area (Å²) >= 11 is 0. The van der Waals surface area contributed by atoms with Gasteiger partial charge in [-0.05, 0) is 61.9 Å². The first-order valence-corrected chi connectivity index (χ1v) is 9.51. The van der Waals surface area contributed by atoms with Crippen molar-refractivity contribution in [1.82, 2.24) is 0 Å². The lowest BCUT2D eigenvalue weighted by atomic mass is 10.2. The number of ether oxygens (including phenoxy) is 2. The van der Waals surface area contributed by atoms with Crippen molar-refractivity contribution >= 4 is 29.2 Å². The predicted molar refractivity (Wildman–Crippen MR) is 111 cm³/mol. The quantitative estimate of drug-likeness (QED) is 0.492. The molecule has 0 spiro atoms. The number of carbonyl (C=O) groups excluding carboxylic acids is 3. The van der Waals surface area contributed by atoms with Crippen LogP contribution in [0.2, 0.25) is 0 Å². The first-order chi connectivity index (χ1) is 13.9. The van der Waals surface area contributed by atoms with E-state index in [1.165, 1.54) is 13.8 Å².